The van der Waals surface area contributed by atoms with Crippen LogP contribution in [0.1, 0.15) is 35.9 Å². The monoisotopic (exact) mass is 422 g/mol. The highest BCUT2D eigenvalue weighted by atomic mass is 32.2. The minimum Gasteiger partial charge on any atom is -0.497 e. The van der Waals surface area contributed by atoms with Crippen LogP contribution in [-0.2, 0) is 16.6 Å². The minimum absolute atomic E-state index is 0.207. The standard InChI is InChI=1S/C19H22N2O3S3/c1-12(2)16-11-25-19(21-16)17-9-18(13(3)26-17)27(22,23)20-10-14-6-5-7-15(8-14)24-4/h5-9,11-12,20H,10H2,1-4H3. The lowest BCUT2D eigenvalue weighted by Crippen LogP contribution is -2.23. The first-order chi connectivity index (χ1) is 12.8. The Bertz CT molecular complexity index is 1040. The van der Waals surface area contributed by atoms with Crippen LogP contribution in [0.3, 0.4) is 0 Å². The molecule has 0 amide bonds. The molecule has 0 aliphatic heterocycles. The Morgan fingerprint density at radius 2 is 2.04 bits per heavy atom. The quantitative estimate of drug-likeness (QED) is 0.594. The highest BCUT2D eigenvalue weighted by Gasteiger charge is 2.21. The first kappa shape index (κ1) is 20.0. The Balaban J connectivity index is 1.80. The third kappa shape index (κ3) is 4.57. The van der Waals surface area contributed by atoms with Crippen LogP contribution in [0.4, 0.5) is 0 Å². The van der Waals surface area contributed by atoms with E-state index in [-0.39, 0.29) is 6.54 Å². The van der Waals surface area contributed by atoms with Gasteiger partial charge in [0.15, 0.2) is 0 Å². The molecule has 0 fully saturated rings. The molecule has 5 nitrogen and oxygen atoms in total. The normalized spacial score (nSPS) is 11.9. The summed E-state index contributed by atoms with van der Waals surface area (Å²) in [7, 11) is -2.02. The second kappa shape index (κ2) is 8.10. The van der Waals surface area contributed by atoms with Crippen molar-refractivity contribution in [2.45, 2.75) is 38.1 Å². The summed E-state index contributed by atoms with van der Waals surface area (Å²) in [5.41, 5.74) is 1.87. The van der Waals surface area contributed by atoms with E-state index >= 15 is 0 Å². The fourth-order valence-corrected chi connectivity index (χ4v) is 6.19. The molecule has 0 unspecified atom stereocenters. The molecule has 0 radical (unpaired) electrons. The predicted molar refractivity (Wildman–Crippen MR) is 111 cm³/mol. The summed E-state index contributed by atoms with van der Waals surface area (Å²) >= 11 is 3.00. The molecule has 0 bridgehead atoms. The first-order valence-corrected chi connectivity index (χ1v) is 11.7. The lowest BCUT2D eigenvalue weighted by Gasteiger charge is -2.07. The molecule has 0 aliphatic rings. The molecule has 2 heterocycles. The van der Waals surface area contributed by atoms with E-state index < -0.39 is 10.0 Å². The first-order valence-electron chi connectivity index (χ1n) is 8.49. The Kier molecular flexibility index (Phi) is 6.00. The molecule has 1 aromatic carbocycles. The maximum absolute atomic E-state index is 12.8. The second-order valence-corrected chi connectivity index (χ2v) is 10.3. The van der Waals surface area contributed by atoms with Gasteiger partial charge in [0, 0.05) is 16.8 Å². The van der Waals surface area contributed by atoms with Crippen molar-refractivity contribution < 1.29 is 13.2 Å². The second-order valence-electron chi connectivity index (χ2n) is 6.44. The molecule has 144 valence electrons. The zero-order valence-corrected chi connectivity index (χ0v) is 18.1. The van der Waals surface area contributed by atoms with Crippen LogP contribution in [0, 0.1) is 6.92 Å². The van der Waals surface area contributed by atoms with Crippen molar-refractivity contribution >= 4 is 32.7 Å². The third-order valence-electron chi connectivity index (χ3n) is 4.09. The van der Waals surface area contributed by atoms with E-state index in [4.69, 9.17) is 4.74 Å². The molecule has 0 saturated heterocycles. The number of sulfonamides is 1. The van der Waals surface area contributed by atoms with Crippen LogP contribution >= 0.6 is 22.7 Å². The third-order valence-corrected chi connectivity index (χ3v) is 7.82. The van der Waals surface area contributed by atoms with Crippen LogP contribution in [0.5, 0.6) is 5.75 Å². The van der Waals surface area contributed by atoms with E-state index in [1.165, 1.54) is 11.3 Å². The van der Waals surface area contributed by atoms with Crippen molar-refractivity contribution in [1.82, 2.24) is 9.71 Å². The summed E-state index contributed by atoms with van der Waals surface area (Å²) in [4.78, 5) is 6.58. The number of aromatic nitrogens is 1. The fourth-order valence-electron chi connectivity index (χ4n) is 2.54. The number of aryl methyl sites for hydroxylation is 1. The highest BCUT2D eigenvalue weighted by Crippen LogP contribution is 2.36. The van der Waals surface area contributed by atoms with E-state index in [1.54, 1.807) is 24.5 Å². The lowest BCUT2D eigenvalue weighted by atomic mass is 10.2. The molecule has 0 spiro atoms. The van der Waals surface area contributed by atoms with Crippen LogP contribution < -0.4 is 9.46 Å². The Labute approximate surface area is 168 Å². The number of hydrogen-bond donors (Lipinski definition) is 1. The molecule has 8 heteroatoms. The molecule has 1 N–H and O–H groups in total. The number of thiazole rings is 1. The summed E-state index contributed by atoms with van der Waals surface area (Å²) in [6.45, 7) is 6.22. The molecule has 2 aromatic heterocycles. The van der Waals surface area contributed by atoms with Gasteiger partial charge >= 0.3 is 0 Å². The predicted octanol–water partition coefficient (Wildman–Crippen LogP) is 4.79. The van der Waals surface area contributed by atoms with Gasteiger partial charge in [-0.1, -0.05) is 26.0 Å². The molecular formula is C19H22N2O3S3. The van der Waals surface area contributed by atoms with Crippen molar-refractivity contribution in [1.29, 1.82) is 0 Å². The molecule has 0 atom stereocenters. The number of rotatable bonds is 7. The van der Waals surface area contributed by atoms with Gasteiger partial charge in [0.25, 0.3) is 0 Å². The Hall–Kier alpha value is -1.74. The Morgan fingerprint density at radius 3 is 2.70 bits per heavy atom. The number of nitrogens with one attached hydrogen (secondary N) is 1. The molecule has 3 rings (SSSR count). The minimum atomic E-state index is -3.61. The summed E-state index contributed by atoms with van der Waals surface area (Å²) in [5, 5.41) is 2.89. The van der Waals surface area contributed by atoms with Crippen molar-refractivity contribution in [2.24, 2.45) is 0 Å². The zero-order chi connectivity index (χ0) is 19.6. The van der Waals surface area contributed by atoms with E-state index in [2.05, 4.69) is 23.6 Å². The summed E-state index contributed by atoms with van der Waals surface area (Å²) in [6, 6.07) is 9.06. The van der Waals surface area contributed by atoms with Crippen LogP contribution in [0.2, 0.25) is 0 Å². The summed E-state index contributed by atoms with van der Waals surface area (Å²) < 4.78 is 33.4. The summed E-state index contributed by atoms with van der Waals surface area (Å²) in [6.07, 6.45) is 0. The van der Waals surface area contributed by atoms with Gasteiger partial charge in [-0.05, 0) is 36.6 Å². The number of hydrogen-bond acceptors (Lipinski definition) is 6. The summed E-state index contributed by atoms with van der Waals surface area (Å²) in [5.74, 6) is 1.05. The SMILES string of the molecule is COc1cccc(CNS(=O)(=O)c2cc(-c3nc(C(C)C)cs3)sc2C)c1. The molecular weight excluding hydrogens is 400 g/mol. The number of benzene rings is 1. The van der Waals surface area contributed by atoms with E-state index in [0.29, 0.717) is 16.6 Å². The van der Waals surface area contributed by atoms with Gasteiger partial charge in [-0.15, -0.1) is 22.7 Å². The van der Waals surface area contributed by atoms with Gasteiger partial charge in [-0.2, -0.15) is 0 Å². The number of nitrogens with zero attached hydrogens (tertiary/aromatic N) is 1. The fraction of sp³-hybridized carbons (Fsp3) is 0.316. The molecule has 3 aromatic rings. The van der Waals surface area contributed by atoms with Gasteiger partial charge in [-0.25, -0.2) is 18.1 Å². The van der Waals surface area contributed by atoms with Gasteiger partial charge in [-0.3, -0.25) is 0 Å². The maximum Gasteiger partial charge on any atom is 0.241 e. The van der Waals surface area contributed by atoms with Crippen molar-refractivity contribution in [3.63, 3.8) is 0 Å². The van der Waals surface area contributed by atoms with E-state index in [9.17, 15) is 8.42 Å². The number of methoxy groups -OCH3 is 1. The van der Waals surface area contributed by atoms with Gasteiger partial charge in [0.05, 0.1) is 22.6 Å². The molecule has 0 saturated carbocycles. The van der Waals surface area contributed by atoms with Crippen molar-refractivity contribution in [3.8, 4) is 15.6 Å². The smallest absolute Gasteiger partial charge is 0.241 e. The topological polar surface area (TPSA) is 68.3 Å². The Morgan fingerprint density at radius 1 is 1.26 bits per heavy atom. The van der Waals surface area contributed by atoms with Gasteiger partial charge in [0.1, 0.15) is 10.8 Å². The number of thiophene rings is 1. The molecule has 0 aliphatic carbocycles. The van der Waals surface area contributed by atoms with Gasteiger partial charge in [0.2, 0.25) is 10.0 Å². The van der Waals surface area contributed by atoms with Crippen molar-refractivity contribution in [3.05, 3.63) is 51.8 Å². The van der Waals surface area contributed by atoms with Gasteiger partial charge < -0.3 is 4.74 Å². The zero-order valence-electron chi connectivity index (χ0n) is 15.6. The highest BCUT2D eigenvalue weighted by molar-refractivity contribution is 7.89. The van der Waals surface area contributed by atoms with Crippen molar-refractivity contribution in [2.75, 3.05) is 7.11 Å². The van der Waals surface area contributed by atoms with E-state index in [0.717, 1.165) is 26.0 Å². The average molecular weight is 423 g/mol. The largest absolute Gasteiger partial charge is 0.497 e. The van der Waals surface area contributed by atoms with Crippen LogP contribution in [0.25, 0.3) is 9.88 Å². The maximum atomic E-state index is 12.8. The van der Waals surface area contributed by atoms with Crippen LogP contribution in [-0.4, -0.2) is 20.5 Å². The average Bonchev–Trinajstić information content (AvgIpc) is 3.27. The lowest BCUT2D eigenvalue weighted by molar-refractivity contribution is 0.414. The van der Waals surface area contributed by atoms with E-state index in [1.807, 2.05) is 36.6 Å². The van der Waals surface area contributed by atoms with Crippen LogP contribution in [0.15, 0.2) is 40.6 Å². The molecule has 27 heavy (non-hydrogen) atoms. The number of ether oxygens (including phenoxy) is 1.